The molecule has 2 aliphatic rings. The molecule has 0 saturated carbocycles. The second-order valence-corrected chi connectivity index (χ2v) is 25.6. The number of nitrogens with one attached hydrogen (secondary N) is 2. The summed E-state index contributed by atoms with van der Waals surface area (Å²) in [4.78, 5) is 18.2. The van der Waals surface area contributed by atoms with Gasteiger partial charge in [0.05, 0.1) is 49.2 Å². The van der Waals surface area contributed by atoms with Gasteiger partial charge in [-0.2, -0.15) is 0 Å². The summed E-state index contributed by atoms with van der Waals surface area (Å²) in [5, 5.41) is 0. The first-order valence-electron chi connectivity index (χ1n) is 36.5. The molecule has 0 saturated heterocycles. The zero-order valence-corrected chi connectivity index (χ0v) is 55.9. The highest BCUT2D eigenvalue weighted by Crippen LogP contribution is 2.39. The van der Waals surface area contributed by atoms with Crippen LogP contribution in [0.1, 0.15) is 307 Å². The molecule has 2 aliphatic heterocycles. The van der Waals surface area contributed by atoms with Gasteiger partial charge in [0, 0.05) is 33.2 Å². The van der Waals surface area contributed by atoms with Crippen molar-refractivity contribution in [2.75, 3.05) is 26.4 Å². The lowest BCUT2D eigenvalue weighted by Gasteiger charge is -2.15. The van der Waals surface area contributed by atoms with Gasteiger partial charge in [-0.1, -0.05) is 271 Å². The molecule has 5 heterocycles. The molecule has 0 atom stereocenters. The molecule has 7 rings (SSSR count). The Morgan fingerprint density at radius 1 is 0.273 bits per heavy atom. The first kappa shape index (κ1) is 69.7. The van der Waals surface area contributed by atoms with E-state index in [-0.39, 0.29) is 0 Å². The quantitative estimate of drug-likeness (QED) is 0.0369. The molecule has 5 aromatic rings. The second kappa shape index (κ2) is 43.0. The molecule has 8 heteroatoms. The predicted octanol–water partition coefficient (Wildman–Crippen LogP) is 25.2. The van der Waals surface area contributed by atoms with Crippen LogP contribution in [0.2, 0.25) is 0 Å². The third kappa shape index (κ3) is 25.6. The molecule has 3 aromatic heterocycles. The molecule has 0 unspecified atom stereocenters. The summed E-state index contributed by atoms with van der Waals surface area (Å²) in [7, 11) is 0. The fraction of sp³-hybridized carbons (Fsp3) is 0.600. The number of aromatic amines is 2. The SMILES string of the molecule is CCCCCCCCCCCCOc1ccc(-c2c3nc(cc4ccc([nH]4)c(-c4ccc(OCCCCCCCCCCCC)c(OCCCCCCCCCCCC)c4)c4nc(cc5ccc2[nH]5)C=C4)C=C3)cc1OCCCCCCCCCCCC. The van der Waals surface area contributed by atoms with Crippen molar-refractivity contribution in [3.63, 3.8) is 0 Å². The van der Waals surface area contributed by atoms with Gasteiger partial charge >= 0.3 is 0 Å². The highest BCUT2D eigenvalue weighted by Gasteiger charge is 2.18. The molecule has 2 N–H and O–H groups in total. The van der Waals surface area contributed by atoms with Crippen molar-refractivity contribution in [3.8, 4) is 45.3 Å². The van der Waals surface area contributed by atoms with Crippen LogP contribution in [0.25, 0.3) is 68.6 Å². The first-order chi connectivity index (χ1) is 43.6. The van der Waals surface area contributed by atoms with Crippen LogP contribution in [-0.2, 0) is 0 Å². The largest absolute Gasteiger partial charge is 0.490 e. The van der Waals surface area contributed by atoms with Crippen LogP contribution in [0.15, 0.2) is 72.8 Å². The van der Waals surface area contributed by atoms with Crippen LogP contribution >= 0.6 is 0 Å². The molecule has 0 spiro atoms. The number of ether oxygens (including phenoxy) is 4. The molecule has 2 aromatic carbocycles. The number of hydrogen-bond acceptors (Lipinski definition) is 6. The maximum Gasteiger partial charge on any atom is 0.161 e. The number of fused-ring (bicyclic) bond motifs is 8. The zero-order chi connectivity index (χ0) is 61.3. The number of rotatable bonds is 50. The van der Waals surface area contributed by atoms with E-state index < -0.39 is 0 Å². The maximum atomic E-state index is 6.72. The van der Waals surface area contributed by atoms with E-state index in [9.17, 15) is 0 Å². The Morgan fingerprint density at radius 3 is 0.841 bits per heavy atom. The van der Waals surface area contributed by atoms with Crippen LogP contribution in [0.3, 0.4) is 0 Å². The fourth-order valence-electron chi connectivity index (χ4n) is 12.6. The highest BCUT2D eigenvalue weighted by molar-refractivity contribution is 5.93. The van der Waals surface area contributed by atoms with Crippen LogP contribution < -0.4 is 18.9 Å². The third-order valence-electron chi connectivity index (χ3n) is 17.9. The minimum Gasteiger partial charge on any atom is -0.490 e. The number of aromatic nitrogens is 4. The van der Waals surface area contributed by atoms with E-state index in [1.165, 1.54) is 231 Å². The van der Waals surface area contributed by atoms with Crippen LogP contribution in [-0.4, -0.2) is 46.4 Å². The lowest BCUT2D eigenvalue weighted by Crippen LogP contribution is -2.03. The van der Waals surface area contributed by atoms with Gasteiger partial charge in [-0.3, -0.25) is 0 Å². The Bertz CT molecular complexity index is 2730. The van der Waals surface area contributed by atoms with E-state index in [2.05, 4.69) is 135 Å². The Balaban J connectivity index is 1.12. The van der Waals surface area contributed by atoms with E-state index in [1.54, 1.807) is 0 Å². The van der Waals surface area contributed by atoms with Gasteiger partial charge in [0.15, 0.2) is 23.0 Å². The van der Waals surface area contributed by atoms with E-state index in [4.69, 9.17) is 28.9 Å². The van der Waals surface area contributed by atoms with Gasteiger partial charge in [0.1, 0.15) is 0 Å². The van der Waals surface area contributed by atoms with Crippen LogP contribution in [0.5, 0.6) is 23.0 Å². The molecule has 0 fully saturated rings. The van der Waals surface area contributed by atoms with Crippen molar-refractivity contribution in [1.82, 2.24) is 19.9 Å². The minimum atomic E-state index is 0.665. The van der Waals surface area contributed by atoms with E-state index in [0.29, 0.717) is 26.4 Å². The van der Waals surface area contributed by atoms with Gasteiger partial charge < -0.3 is 28.9 Å². The zero-order valence-electron chi connectivity index (χ0n) is 55.9. The number of H-pyrrole nitrogens is 2. The molecule has 0 aliphatic carbocycles. The Morgan fingerprint density at radius 2 is 0.545 bits per heavy atom. The molecule has 482 valence electrons. The van der Waals surface area contributed by atoms with E-state index in [0.717, 1.165) is 116 Å². The Kier molecular flexibility index (Phi) is 34.1. The molecule has 8 nitrogen and oxygen atoms in total. The lowest BCUT2D eigenvalue weighted by molar-refractivity contribution is 0.258. The summed E-state index contributed by atoms with van der Waals surface area (Å²) in [5.41, 5.74) is 11.5. The first-order valence-corrected chi connectivity index (χ1v) is 36.5. The highest BCUT2D eigenvalue weighted by atomic mass is 16.5. The average Bonchev–Trinajstić information content (AvgIpc) is 4.58. The maximum absolute atomic E-state index is 6.72. The number of unbranched alkanes of at least 4 members (excludes halogenated alkanes) is 36. The van der Waals surface area contributed by atoms with Crippen molar-refractivity contribution in [1.29, 1.82) is 0 Å². The summed E-state index contributed by atoms with van der Waals surface area (Å²) >= 11 is 0. The van der Waals surface area contributed by atoms with E-state index in [1.807, 2.05) is 0 Å². The Hall–Kier alpha value is -5.76. The summed E-state index contributed by atoms with van der Waals surface area (Å²) in [6.45, 7) is 11.9. The number of nitrogens with zero attached hydrogens (tertiary/aromatic N) is 2. The summed E-state index contributed by atoms with van der Waals surface area (Å²) in [6, 6.07) is 25.9. The summed E-state index contributed by atoms with van der Waals surface area (Å²) in [6.07, 6.45) is 60.3. The van der Waals surface area contributed by atoms with Gasteiger partial charge in [-0.25, -0.2) is 9.97 Å². The molecule has 0 radical (unpaired) electrons. The van der Waals surface area contributed by atoms with E-state index >= 15 is 0 Å². The summed E-state index contributed by atoms with van der Waals surface area (Å²) in [5.74, 6) is 3.24. The van der Waals surface area contributed by atoms with Gasteiger partial charge in [-0.05, 0) is 122 Å². The molecule has 0 amide bonds. The Labute approximate surface area is 534 Å². The van der Waals surface area contributed by atoms with Gasteiger partial charge in [-0.15, -0.1) is 0 Å². The summed E-state index contributed by atoms with van der Waals surface area (Å²) < 4.78 is 26.6. The second-order valence-electron chi connectivity index (χ2n) is 25.6. The standard InChI is InChI=1S/C80H118N4O4/c1-5-9-13-17-21-25-29-33-37-41-57-85-75-55-45-65(61-77(75)87-59-43-39-35-31-27-23-19-15-11-7-3)79-71-51-47-67(81-71)63-69-49-53-73(83-69)80(74-54-50-70(84-74)64-68-48-52-72(79)82-68)66-46-56-76(86-58-42-38-34-30-26-22-18-14-10-6-2)78(62-66)88-60-44-40-36-32-28-24-20-16-12-8-4/h45-56,61-64,81,84H,5-44,57-60H2,1-4H3. The average molecular weight is 1200 g/mol. The topological polar surface area (TPSA) is 94.3 Å². The van der Waals surface area contributed by atoms with Crippen molar-refractivity contribution in [2.24, 2.45) is 0 Å². The molecular formula is C80H118N4O4. The van der Waals surface area contributed by atoms with Crippen molar-refractivity contribution in [2.45, 2.75) is 285 Å². The normalized spacial score (nSPS) is 12.0. The van der Waals surface area contributed by atoms with Crippen molar-refractivity contribution in [3.05, 3.63) is 95.6 Å². The predicted molar refractivity (Wildman–Crippen MR) is 379 cm³/mol. The van der Waals surface area contributed by atoms with Gasteiger partial charge in [0.25, 0.3) is 0 Å². The van der Waals surface area contributed by atoms with Crippen molar-refractivity contribution < 1.29 is 18.9 Å². The number of benzene rings is 2. The van der Waals surface area contributed by atoms with Gasteiger partial charge in [0.2, 0.25) is 0 Å². The minimum absolute atomic E-state index is 0.665. The smallest absolute Gasteiger partial charge is 0.161 e. The molecular weight excluding hydrogens is 1080 g/mol. The fourth-order valence-corrected chi connectivity index (χ4v) is 12.6. The molecule has 88 heavy (non-hydrogen) atoms. The third-order valence-corrected chi connectivity index (χ3v) is 17.9. The number of hydrogen-bond donors (Lipinski definition) is 2. The van der Waals surface area contributed by atoms with Crippen molar-refractivity contribution >= 4 is 46.4 Å². The van der Waals surface area contributed by atoms with Crippen LogP contribution in [0.4, 0.5) is 0 Å². The lowest BCUT2D eigenvalue weighted by atomic mass is 10.0. The monoisotopic (exact) mass is 1200 g/mol. The van der Waals surface area contributed by atoms with Crippen LogP contribution in [0, 0.1) is 0 Å². The molecule has 8 bridgehead atoms.